The maximum absolute atomic E-state index is 12.4. The number of hydrogen-bond donors (Lipinski definition) is 1. The molecule has 6 heteroatoms. The van der Waals surface area contributed by atoms with Crippen LogP contribution in [0.5, 0.6) is 5.75 Å². The Morgan fingerprint density at radius 3 is 2.40 bits per heavy atom. The van der Waals surface area contributed by atoms with Crippen LogP contribution >= 0.6 is 0 Å². The van der Waals surface area contributed by atoms with E-state index in [9.17, 15) is 8.78 Å². The summed E-state index contributed by atoms with van der Waals surface area (Å²) in [5.41, 5.74) is 6.75. The molecule has 0 amide bonds. The van der Waals surface area contributed by atoms with E-state index in [0.717, 1.165) is 18.8 Å². The lowest BCUT2D eigenvalue weighted by Crippen LogP contribution is -2.55. The lowest BCUT2D eigenvalue weighted by molar-refractivity contribution is -0.0493. The minimum atomic E-state index is -2.86. The van der Waals surface area contributed by atoms with Gasteiger partial charge < -0.3 is 15.4 Å². The zero-order valence-electron chi connectivity index (χ0n) is 12.0. The summed E-state index contributed by atoms with van der Waals surface area (Å²) in [6.07, 6.45) is 0. The Hall–Kier alpha value is -1.56. The van der Waals surface area contributed by atoms with Crippen LogP contribution in [-0.2, 0) is 0 Å². The van der Waals surface area contributed by atoms with Gasteiger partial charge in [-0.2, -0.15) is 8.78 Å². The van der Waals surface area contributed by atoms with E-state index in [1.807, 2.05) is 6.07 Å². The summed E-state index contributed by atoms with van der Waals surface area (Å²) in [5, 5.41) is 0. The third-order valence-corrected chi connectivity index (χ3v) is 3.94. The maximum Gasteiger partial charge on any atom is 0.387 e. The summed E-state index contributed by atoms with van der Waals surface area (Å²) in [7, 11) is 2.10. The Kier molecular flexibility index (Phi) is 4.32. The molecule has 1 aromatic carbocycles. The van der Waals surface area contributed by atoms with Gasteiger partial charge in [-0.05, 0) is 33.0 Å². The number of piperazine rings is 1. The Morgan fingerprint density at radius 1 is 1.25 bits per heavy atom. The smallest absolute Gasteiger partial charge is 0.387 e. The van der Waals surface area contributed by atoms with E-state index in [1.54, 1.807) is 12.1 Å². The first-order valence-corrected chi connectivity index (χ1v) is 6.69. The number of halogens is 2. The number of nitrogen functional groups attached to an aromatic ring is 1. The van der Waals surface area contributed by atoms with E-state index in [1.165, 1.54) is 0 Å². The van der Waals surface area contributed by atoms with Crippen molar-refractivity contribution in [2.24, 2.45) is 0 Å². The molecular weight excluding hydrogens is 264 g/mol. The van der Waals surface area contributed by atoms with Crippen LogP contribution < -0.4 is 15.4 Å². The molecule has 2 N–H and O–H groups in total. The fourth-order valence-electron chi connectivity index (χ4n) is 2.53. The quantitative estimate of drug-likeness (QED) is 0.866. The zero-order chi connectivity index (χ0) is 14.9. The average Bonchev–Trinajstić information content (AvgIpc) is 2.37. The molecule has 1 heterocycles. The Morgan fingerprint density at radius 2 is 1.85 bits per heavy atom. The molecule has 2 atom stereocenters. The molecule has 1 fully saturated rings. The van der Waals surface area contributed by atoms with Crippen LogP contribution in [-0.4, -0.2) is 43.7 Å². The first kappa shape index (κ1) is 14.8. The summed E-state index contributed by atoms with van der Waals surface area (Å²) >= 11 is 0. The molecule has 0 bridgehead atoms. The highest BCUT2D eigenvalue weighted by Crippen LogP contribution is 2.30. The number of anilines is 2. The second-order valence-corrected chi connectivity index (χ2v) is 5.37. The molecule has 0 spiro atoms. The fraction of sp³-hybridized carbons (Fsp3) is 0.571. The van der Waals surface area contributed by atoms with Gasteiger partial charge in [0.1, 0.15) is 0 Å². The number of alkyl halides is 2. The van der Waals surface area contributed by atoms with E-state index >= 15 is 0 Å². The predicted molar refractivity (Wildman–Crippen MR) is 76.4 cm³/mol. The van der Waals surface area contributed by atoms with E-state index in [2.05, 4.69) is 35.4 Å². The number of nitrogens with two attached hydrogens (primary N) is 1. The van der Waals surface area contributed by atoms with Gasteiger partial charge in [-0.25, -0.2) is 0 Å². The minimum Gasteiger partial charge on any atom is -0.433 e. The average molecular weight is 285 g/mol. The fourth-order valence-corrected chi connectivity index (χ4v) is 2.53. The lowest BCUT2D eigenvalue weighted by Gasteiger charge is -2.43. The Labute approximate surface area is 118 Å². The van der Waals surface area contributed by atoms with Gasteiger partial charge in [0.25, 0.3) is 0 Å². The van der Waals surface area contributed by atoms with Gasteiger partial charge in [0.05, 0.1) is 5.69 Å². The first-order valence-electron chi connectivity index (χ1n) is 6.69. The van der Waals surface area contributed by atoms with Crippen molar-refractivity contribution < 1.29 is 13.5 Å². The number of nitrogens with zero attached hydrogens (tertiary/aromatic N) is 2. The van der Waals surface area contributed by atoms with Crippen molar-refractivity contribution in [1.82, 2.24) is 4.90 Å². The molecule has 1 aliphatic heterocycles. The standard InChI is InChI=1S/C14H21F2N3O/c1-9-7-19(8-10(2)18(9)3)11-4-5-12(17)13(6-11)20-14(15)16/h4-6,9-10,14H,7-8,17H2,1-3H3/t9-,10+. The third kappa shape index (κ3) is 3.12. The van der Waals surface area contributed by atoms with Crippen LogP contribution in [0.3, 0.4) is 0 Å². The van der Waals surface area contributed by atoms with E-state index in [4.69, 9.17) is 5.73 Å². The Bertz CT molecular complexity index is 458. The van der Waals surface area contributed by atoms with Crippen molar-refractivity contribution in [1.29, 1.82) is 0 Å². The van der Waals surface area contributed by atoms with E-state index in [-0.39, 0.29) is 11.4 Å². The molecule has 1 aromatic rings. The molecular formula is C14H21F2N3O. The Balaban J connectivity index is 2.20. The van der Waals surface area contributed by atoms with Crippen molar-refractivity contribution in [2.75, 3.05) is 30.8 Å². The van der Waals surface area contributed by atoms with Crippen molar-refractivity contribution >= 4 is 11.4 Å². The highest BCUT2D eigenvalue weighted by atomic mass is 19.3. The summed E-state index contributed by atoms with van der Waals surface area (Å²) in [6, 6.07) is 5.84. The van der Waals surface area contributed by atoms with E-state index in [0.29, 0.717) is 12.1 Å². The van der Waals surface area contributed by atoms with Gasteiger partial charge in [0, 0.05) is 36.9 Å². The van der Waals surface area contributed by atoms with Crippen LogP contribution in [0.4, 0.5) is 20.2 Å². The molecule has 1 aliphatic rings. The van der Waals surface area contributed by atoms with Crippen LogP contribution in [0, 0.1) is 0 Å². The number of likely N-dealkylation sites (N-methyl/N-ethyl adjacent to an activating group) is 1. The summed E-state index contributed by atoms with van der Waals surface area (Å²) in [6.45, 7) is 3.13. The van der Waals surface area contributed by atoms with Gasteiger partial charge in [0.15, 0.2) is 5.75 Å². The van der Waals surface area contributed by atoms with Crippen molar-refractivity contribution in [3.8, 4) is 5.75 Å². The van der Waals surface area contributed by atoms with Crippen molar-refractivity contribution in [3.05, 3.63) is 18.2 Å². The van der Waals surface area contributed by atoms with Crippen molar-refractivity contribution in [3.63, 3.8) is 0 Å². The summed E-state index contributed by atoms with van der Waals surface area (Å²) in [4.78, 5) is 4.48. The molecule has 2 rings (SSSR count). The SMILES string of the molecule is C[C@@H]1CN(c2ccc(N)c(OC(F)F)c2)C[C@H](C)N1C. The largest absolute Gasteiger partial charge is 0.433 e. The number of benzene rings is 1. The van der Waals surface area contributed by atoms with Gasteiger partial charge in [0.2, 0.25) is 0 Å². The first-order chi connectivity index (χ1) is 9.38. The zero-order valence-corrected chi connectivity index (χ0v) is 12.0. The second-order valence-electron chi connectivity index (χ2n) is 5.37. The van der Waals surface area contributed by atoms with Crippen LogP contribution in [0.15, 0.2) is 18.2 Å². The highest BCUT2D eigenvalue weighted by Gasteiger charge is 2.27. The summed E-state index contributed by atoms with van der Waals surface area (Å²) in [5.74, 6) is 0.0386. The van der Waals surface area contributed by atoms with Crippen molar-refractivity contribution in [2.45, 2.75) is 32.5 Å². The normalized spacial score (nSPS) is 24.2. The number of rotatable bonds is 3. The maximum atomic E-state index is 12.4. The molecule has 0 unspecified atom stereocenters. The monoisotopic (exact) mass is 285 g/mol. The topological polar surface area (TPSA) is 41.7 Å². The van der Waals surface area contributed by atoms with E-state index < -0.39 is 6.61 Å². The molecule has 20 heavy (non-hydrogen) atoms. The second kappa shape index (κ2) is 5.83. The molecule has 0 radical (unpaired) electrons. The van der Waals surface area contributed by atoms with Crippen LogP contribution in [0.25, 0.3) is 0 Å². The van der Waals surface area contributed by atoms with Crippen LogP contribution in [0.1, 0.15) is 13.8 Å². The predicted octanol–water partition coefficient (Wildman–Crippen LogP) is 2.40. The van der Waals surface area contributed by atoms with Gasteiger partial charge in [-0.3, -0.25) is 4.90 Å². The lowest BCUT2D eigenvalue weighted by atomic mass is 10.1. The molecule has 0 aromatic heterocycles. The highest BCUT2D eigenvalue weighted by molar-refractivity contribution is 5.62. The molecule has 0 saturated carbocycles. The number of hydrogen-bond acceptors (Lipinski definition) is 4. The third-order valence-electron chi connectivity index (χ3n) is 3.94. The molecule has 0 aliphatic carbocycles. The minimum absolute atomic E-state index is 0.0386. The van der Waals surface area contributed by atoms with Gasteiger partial charge in [-0.1, -0.05) is 0 Å². The molecule has 4 nitrogen and oxygen atoms in total. The molecule has 1 saturated heterocycles. The number of ether oxygens (including phenoxy) is 1. The molecule has 112 valence electrons. The van der Waals surface area contributed by atoms with Gasteiger partial charge in [-0.15, -0.1) is 0 Å². The summed E-state index contributed by atoms with van der Waals surface area (Å²) < 4.78 is 29.2. The van der Waals surface area contributed by atoms with Crippen LogP contribution in [0.2, 0.25) is 0 Å². The van der Waals surface area contributed by atoms with Gasteiger partial charge >= 0.3 is 6.61 Å².